The maximum Gasteiger partial charge on any atom is 0.262 e. The monoisotopic (exact) mass is 388 g/mol. The Labute approximate surface area is 137 Å². The molecule has 0 amide bonds. The van der Waals surface area contributed by atoms with E-state index >= 15 is 0 Å². The van der Waals surface area contributed by atoms with Gasteiger partial charge in [-0.15, -0.1) is 11.3 Å². The molecule has 0 aliphatic heterocycles. The molecular formula is C14H17BrN2O2S2. The Hall–Kier alpha value is -0.890. The second-order valence-electron chi connectivity index (χ2n) is 4.59. The fourth-order valence-corrected chi connectivity index (χ4v) is 4.64. The first-order valence-corrected chi connectivity index (χ1v) is 9.65. The van der Waals surface area contributed by atoms with Gasteiger partial charge in [0.05, 0.1) is 10.6 Å². The van der Waals surface area contributed by atoms with Crippen LogP contribution in [-0.2, 0) is 16.6 Å². The van der Waals surface area contributed by atoms with Crippen LogP contribution in [0.15, 0.2) is 39.0 Å². The van der Waals surface area contributed by atoms with Gasteiger partial charge in [-0.05, 0) is 43.3 Å². The molecule has 0 atom stereocenters. The minimum Gasteiger partial charge on any atom is -0.312 e. The van der Waals surface area contributed by atoms with Crippen molar-refractivity contribution in [3.8, 4) is 0 Å². The van der Waals surface area contributed by atoms with Gasteiger partial charge in [0.15, 0.2) is 0 Å². The highest BCUT2D eigenvalue weighted by atomic mass is 79.9. The summed E-state index contributed by atoms with van der Waals surface area (Å²) >= 11 is 4.81. The van der Waals surface area contributed by atoms with E-state index in [0.717, 1.165) is 21.5 Å². The molecule has 0 spiro atoms. The van der Waals surface area contributed by atoms with E-state index in [0.29, 0.717) is 17.1 Å². The van der Waals surface area contributed by atoms with E-state index in [2.05, 4.69) is 26.0 Å². The number of nitrogens with one attached hydrogen (secondary N) is 2. The lowest BCUT2D eigenvalue weighted by atomic mass is 10.2. The Balaban J connectivity index is 2.19. The Bertz CT molecular complexity index is 726. The standard InChI is InChI=1S/C14H17BrN2O2S2/c1-3-16-8-12-7-13(9-20-12)21(18,19)17-14-5-4-11(15)6-10(14)2/h4-7,9,16-17H,3,8H2,1-2H3. The average molecular weight is 389 g/mol. The van der Waals surface area contributed by atoms with Gasteiger partial charge in [-0.3, -0.25) is 4.72 Å². The van der Waals surface area contributed by atoms with Crippen molar-refractivity contribution in [2.45, 2.75) is 25.3 Å². The summed E-state index contributed by atoms with van der Waals surface area (Å²) < 4.78 is 28.3. The molecule has 0 saturated carbocycles. The molecule has 1 heterocycles. The molecule has 2 N–H and O–H groups in total. The maximum absolute atomic E-state index is 12.4. The van der Waals surface area contributed by atoms with E-state index in [4.69, 9.17) is 0 Å². The van der Waals surface area contributed by atoms with E-state index in [-0.39, 0.29) is 0 Å². The normalized spacial score (nSPS) is 11.6. The van der Waals surface area contributed by atoms with Crippen LogP contribution in [0.2, 0.25) is 0 Å². The van der Waals surface area contributed by atoms with Crippen LogP contribution >= 0.6 is 27.3 Å². The summed E-state index contributed by atoms with van der Waals surface area (Å²) in [5.74, 6) is 0. The first kappa shape index (κ1) is 16.5. The molecule has 0 aliphatic carbocycles. The van der Waals surface area contributed by atoms with Crippen molar-refractivity contribution >= 4 is 43.0 Å². The van der Waals surface area contributed by atoms with E-state index in [1.165, 1.54) is 11.3 Å². The largest absolute Gasteiger partial charge is 0.312 e. The average Bonchev–Trinajstić information content (AvgIpc) is 2.89. The Morgan fingerprint density at radius 2 is 2.05 bits per heavy atom. The molecule has 0 aliphatic rings. The third-order valence-electron chi connectivity index (χ3n) is 2.92. The van der Waals surface area contributed by atoms with Crippen molar-refractivity contribution in [3.05, 3.63) is 44.6 Å². The highest BCUT2D eigenvalue weighted by Crippen LogP contribution is 2.25. The zero-order valence-electron chi connectivity index (χ0n) is 11.8. The van der Waals surface area contributed by atoms with Gasteiger partial charge in [-0.25, -0.2) is 8.42 Å². The van der Waals surface area contributed by atoms with Crippen molar-refractivity contribution in [1.82, 2.24) is 5.32 Å². The number of hydrogen-bond acceptors (Lipinski definition) is 4. The van der Waals surface area contributed by atoms with Gasteiger partial charge in [0.2, 0.25) is 0 Å². The zero-order valence-corrected chi connectivity index (χ0v) is 15.0. The number of benzene rings is 1. The topological polar surface area (TPSA) is 58.2 Å². The number of thiophene rings is 1. The van der Waals surface area contributed by atoms with Crippen LogP contribution in [0, 0.1) is 6.92 Å². The number of aryl methyl sites for hydroxylation is 1. The second kappa shape index (κ2) is 6.91. The van der Waals surface area contributed by atoms with Gasteiger partial charge in [-0.2, -0.15) is 0 Å². The van der Waals surface area contributed by atoms with Crippen molar-refractivity contribution < 1.29 is 8.42 Å². The zero-order chi connectivity index (χ0) is 15.5. The van der Waals surface area contributed by atoms with Crippen LogP contribution in [0.4, 0.5) is 5.69 Å². The smallest absolute Gasteiger partial charge is 0.262 e. The van der Waals surface area contributed by atoms with Crippen LogP contribution in [0.1, 0.15) is 17.4 Å². The molecule has 0 radical (unpaired) electrons. The molecule has 2 aromatic rings. The fourth-order valence-electron chi connectivity index (χ4n) is 1.79. The first-order valence-electron chi connectivity index (χ1n) is 6.49. The quantitative estimate of drug-likeness (QED) is 0.792. The lowest BCUT2D eigenvalue weighted by Crippen LogP contribution is -2.13. The Morgan fingerprint density at radius 3 is 2.71 bits per heavy atom. The van der Waals surface area contributed by atoms with Crippen molar-refractivity contribution in [3.63, 3.8) is 0 Å². The first-order chi connectivity index (χ1) is 9.92. The summed E-state index contributed by atoms with van der Waals surface area (Å²) in [4.78, 5) is 1.31. The minimum absolute atomic E-state index is 0.308. The summed E-state index contributed by atoms with van der Waals surface area (Å²) in [6, 6.07) is 7.16. The lowest BCUT2D eigenvalue weighted by Gasteiger charge is -2.09. The fraction of sp³-hybridized carbons (Fsp3) is 0.286. The predicted molar refractivity (Wildman–Crippen MR) is 91.4 cm³/mol. The van der Waals surface area contributed by atoms with Crippen LogP contribution in [-0.4, -0.2) is 15.0 Å². The maximum atomic E-state index is 12.4. The van der Waals surface area contributed by atoms with Crippen LogP contribution in [0.25, 0.3) is 0 Å². The molecule has 1 aromatic heterocycles. The highest BCUT2D eigenvalue weighted by Gasteiger charge is 2.17. The molecule has 0 unspecified atom stereocenters. The SMILES string of the molecule is CCNCc1cc(S(=O)(=O)Nc2ccc(Br)cc2C)cs1. The Kier molecular flexibility index (Phi) is 5.43. The molecule has 0 bridgehead atoms. The summed E-state index contributed by atoms with van der Waals surface area (Å²) in [5.41, 5.74) is 1.47. The van der Waals surface area contributed by atoms with Gasteiger partial charge in [-0.1, -0.05) is 22.9 Å². The molecule has 7 heteroatoms. The Morgan fingerprint density at radius 1 is 1.29 bits per heavy atom. The van der Waals surface area contributed by atoms with E-state index in [9.17, 15) is 8.42 Å². The summed E-state index contributed by atoms with van der Waals surface area (Å²) in [7, 11) is -3.54. The van der Waals surface area contributed by atoms with Gasteiger partial charge < -0.3 is 5.32 Å². The lowest BCUT2D eigenvalue weighted by molar-refractivity contribution is 0.601. The van der Waals surface area contributed by atoms with Crippen molar-refractivity contribution in [1.29, 1.82) is 0 Å². The predicted octanol–water partition coefficient (Wildman–Crippen LogP) is 3.73. The molecular weight excluding hydrogens is 372 g/mol. The third-order valence-corrected chi connectivity index (χ3v) is 5.85. The highest BCUT2D eigenvalue weighted by molar-refractivity contribution is 9.10. The molecule has 1 aromatic carbocycles. The summed E-state index contributed by atoms with van der Waals surface area (Å²) in [6.45, 7) is 5.43. The molecule has 4 nitrogen and oxygen atoms in total. The van der Waals surface area contributed by atoms with E-state index in [1.807, 2.05) is 26.0 Å². The summed E-state index contributed by atoms with van der Waals surface area (Å²) in [6.07, 6.45) is 0. The van der Waals surface area contributed by atoms with Crippen LogP contribution in [0.3, 0.4) is 0 Å². The number of rotatable bonds is 6. The molecule has 21 heavy (non-hydrogen) atoms. The number of halogens is 1. The minimum atomic E-state index is -3.54. The van der Waals surface area contributed by atoms with Crippen molar-refractivity contribution in [2.75, 3.05) is 11.3 Å². The molecule has 0 fully saturated rings. The van der Waals surface area contributed by atoms with Gasteiger partial charge >= 0.3 is 0 Å². The van der Waals surface area contributed by atoms with Gasteiger partial charge in [0.1, 0.15) is 0 Å². The summed E-state index contributed by atoms with van der Waals surface area (Å²) in [5, 5.41) is 4.85. The van der Waals surface area contributed by atoms with Gasteiger partial charge in [0, 0.05) is 21.3 Å². The molecule has 114 valence electrons. The number of anilines is 1. The third kappa shape index (κ3) is 4.29. The van der Waals surface area contributed by atoms with Gasteiger partial charge in [0.25, 0.3) is 10.0 Å². The molecule has 0 saturated heterocycles. The van der Waals surface area contributed by atoms with E-state index < -0.39 is 10.0 Å². The van der Waals surface area contributed by atoms with Crippen LogP contribution < -0.4 is 10.0 Å². The second-order valence-corrected chi connectivity index (χ2v) is 8.19. The van der Waals surface area contributed by atoms with Crippen molar-refractivity contribution in [2.24, 2.45) is 0 Å². The molecule has 2 rings (SSSR count). The van der Waals surface area contributed by atoms with E-state index in [1.54, 1.807) is 17.5 Å². The number of sulfonamides is 1. The number of hydrogen-bond donors (Lipinski definition) is 2. The van der Waals surface area contributed by atoms with Crippen LogP contribution in [0.5, 0.6) is 0 Å².